The molecule has 0 unspecified atom stereocenters. The molecule has 0 aliphatic heterocycles. The van der Waals surface area contributed by atoms with Crippen LogP contribution in [0.5, 0.6) is 0 Å². The smallest absolute Gasteiger partial charge is 0.321 e. The molecule has 120 valence electrons. The minimum atomic E-state index is -0.848. The van der Waals surface area contributed by atoms with Crippen LogP contribution in [0.25, 0.3) is 0 Å². The molecule has 1 heterocycles. The number of aromatic nitrogens is 2. The Morgan fingerprint density at radius 2 is 1.86 bits per heavy atom. The van der Waals surface area contributed by atoms with Crippen LogP contribution in [0.4, 0.5) is 9.93 Å². The Labute approximate surface area is 130 Å². The number of hydrogen-bond donors (Lipinski definition) is 3. The second kappa shape index (κ2) is 8.29. The summed E-state index contributed by atoms with van der Waals surface area (Å²) < 4.78 is 0. The van der Waals surface area contributed by atoms with Crippen molar-refractivity contribution in [3.05, 3.63) is 5.01 Å². The molecule has 2 amide bonds. The Hall–Kier alpha value is -1.21. The maximum Gasteiger partial charge on any atom is 0.321 e. The fourth-order valence-corrected chi connectivity index (χ4v) is 2.98. The summed E-state index contributed by atoms with van der Waals surface area (Å²) >= 11 is 1.41. The topological polar surface area (TPSA) is 87.1 Å². The zero-order valence-corrected chi connectivity index (χ0v) is 14.1. The summed E-state index contributed by atoms with van der Waals surface area (Å²) in [5.41, 5.74) is -0.848. The Bertz CT molecular complexity index is 442. The van der Waals surface area contributed by atoms with E-state index in [9.17, 15) is 9.90 Å². The molecular formula is C14H26N4O2S. The van der Waals surface area contributed by atoms with Crippen molar-refractivity contribution in [2.75, 3.05) is 11.9 Å². The monoisotopic (exact) mass is 314 g/mol. The van der Waals surface area contributed by atoms with E-state index in [-0.39, 0.29) is 12.6 Å². The Morgan fingerprint density at radius 3 is 2.38 bits per heavy atom. The molecule has 7 heteroatoms. The van der Waals surface area contributed by atoms with Crippen LogP contribution in [0.15, 0.2) is 0 Å². The van der Waals surface area contributed by atoms with Gasteiger partial charge in [0.15, 0.2) is 0 Å². The molecule has 0 atom stereocenters. The molecular weight excluding hydrogens is 288 g/mol. The van der Waals surface area contributed by atoms with E-state index in [1.807, 2.05) is 13.8 Å². The summed E-state index contributed by atoms with van der Waals surface area (Å²) in [7, 11) is 0. The van der Waals surface area contributed by atoms with Crippen LogP contribution in [0.1, 0.15) is 64.3 Å². The number of hydrogen-bond acceptors (Lipinski definition) is 5. The van der Waals surface area contributed by atoms with Gasteiger partial charge in [-0.2, -0.15) is 0 Å². The van der Waals surface area contributed by atoms with Crippen LogP contribution >= 0.6 is 11.3 Å². The molecule has 0 aliphatic carbocycles. The van der Waals surface area contributed by atoms with Gasteiger partial charge in [0.05, 0.1) is 5.60 Å². The number of nitrogens with zero attached hydrogens (tertiary/aromatic N) is 2. The summed E-state index contributed by atoms with van der Waals surface area (Å²) in [6, 6.07) is -0.359. The average Bonchev–Trinajstić information content (AvgIpc) is 2.94. The Kier molecular flexibility index (Phi) is 7.04. The molecule has 0 radical (unpaired) electrons. The normalized spacial score (nSPS) is 11.7. The van der Waals surface area contributed by atoms with Crippen molar-refractivity contribution < 1.29 is 9.90 Å². The van der Waals surface area contributed by atoms with E-state index in [0.717, 1.165) is 17.8 Å². The van der Waals surface area contributed by atoms with E-state index in [1.54, 1.807) is 0 Å². The van der Waals surface area contributed by atoms with Gasteiger partial charge in [0.1, 0.15) is 5.01 Å². The fourth-order valence-electron chi connectivity index (χ4n) is 1.97. The predicted molar refractivity (Wildman–Crippen MR) is 85.8 cm³/mol. The van der Waals surface area contributed by atoms with Gasteiger partial charge in [0.2, 0.25) is 5.13 Å². The van der Waals surface area contributed by atoms with Crippen LogP contribution in [0.2, 0.25) is 0 Å². The lowest BCUT2D eigenvalue weighted by atomic mass is 9.98. The molecule has 1 aromatic heterocycles. The first-order valence-electron chi connectivity index (χ1n) is 7.58. The van der Waals surface area contributed by atoms with Crippen LogP contribution in [0, 0.1) is 0 Å². The lowest BCUT2D eigenvalue weighted by Crippen LogP contribution is -2.43. The van der Waals surface area contributed by atoms with Gasteiger partial charge in [-0.1, -0.05) is 39.0 Å². The number of nitrogens with one attached hydrogen (secondary N) is 2. The van der Waals surface area contributed by atoms with E-state index in [4.69, 9.17) is 0 Å². The van der Waals surface area contributed by atoms with Crippen LogP contribution in [-0.2, 0) is 0 Å². The van der Waals surface area contributed by atoms with Crippen LogP contribution < -0.4 is 10.6 Å². The first-order chi connectivity index (χ1) is 9.97. The molecule has 0 aliphatic rings. The van der Waals surface area contributed by atoms with Crippen molar-refractivity contribution in [3.63, 3.8) is 0 Å². The van der Waals surface area contributed by atoms with Gasteiger partial charge in [-0.3, -0.25) is 5.32 Å². The zero-order valence-electron chi connectivity index (χ0n) is 13.3. The van der Waals surface area contributed by atoms with E-state index in [1.165, 1.54) is 11.3 Å². The molecule has 1 rings (SSSR count). The summed E-state index contributed by atoms with van der Waals surface area (Å²) in [6.45, 7) is 8.26. The molecule has 3 N–H and O–H groups in total. The van der Waals surface area contributed by atoms with Crippen molar-refractivity contribution in [1.82, 2.24) is 15.5 Å². The van der Waals surface area contributed by atoms with Gasteiger partial charge in [-0.25, -0.2) is 4.79 Å². The predicted octanol–water partition coefficient (Wildman–Crippen LogP) is 3.11. The van der Waals surface area contributed by atoms with Crippen molar-refractivity contribution in [1.29, 1.82) is 0 Å². The molecule has 0 spiro atoms. The zero-order chi connectivity index (χ0) is 15.9. The molecule has 0 saturated carbocycles. The Morgan fingerprint density at radius 1 is 1.24 bits per heavy atom. The van der Waals surface area contributed by atoms with Crippen molar-refractivity contribution in [2.45, 2.75) is 64.9 Å². The van der Waals surface area contributed by atoms with Gasteiger partial charge < -0.3 is 10.4 Å². The largest absolute Gasteiger partial charge is 0.388 e. The van der Waals surface area contributed by atoms with Crippen molar-refractivity contribution >= 4 is 22.5 Å². The lowest BCUT2D eigenvalue weighted by molar-refractivity contribution is 0.0354. The number of amides is 2. The summed E-state index contributed by atoms with van der Waals surface area (Å²) in [4.78, 5) is 11.8. The fraction of sp³-hybridized carbons (Fsp3) is 0.786. The SMILES string of the molecule is CCC(CC)c1nnc(NC(=O)NCC(O)(CC)CC)s1. The number of urea groups is 1. The third-order valence-corrected chi connectivity index (χ3v) is 4.89. The summed E-state index contributed by atoms with van der Waals surface area (Å²) in [5, 5.41) is 25.0. The molecule has 0 saturated heterocycles. The number of rotatable bonds is 8. The van der Waals surface area contributed by atoms with Gasteiger partial charge in [0.25, 0.3) is 0 Å². The Balaban J connectivity index is 2.52. The molecule has 1 aromatic rings. The van der Waals surface area contributed by atoms with Gasteiger partial charge in [-0.05, 0) is 25.7 Å². The number of aliphatic hydroxyl groups is 1. The van der Waals surface area contributed by atoms with E-state index in [2.05, 4.69) is 34.7 Å². The van der Waals surface area contributed by atoms with Gasteiger partial charge in [0, 0.05) is 12.5 Å². The molecule has 0 bridgehead atoms. The summed E-state index contributed by atoms with van der Waals surface area (Å²) in [5.74, 6) is 0.395. The highest BCUT2D eigenvalue weighted by Gasteiger charge is 2.23. The van der Waals surface area contributed by atoms with Gasteiger partial charge in [-0.15, -0.1) is 10.2 Å². The van der Waals surface area contributed by atoms with Crippen LogP contribution in [0.3, 0.4) is 0 Å². The minimum absolute atomic E-state index is 0.226. The third-order valence-electron chi connectivity index (χ3n) is 3.89. The maximum atomic E-state index is 11.8. The van der Waals surface area contributed by atoms with Crippen molar-refractivity contribution in [2.24, 2.45) is 0 Å². The number of carbonyl (C=O) groups is 1. The minimum Gasteiger partial charge on any atom is -0.388 e. The maximum absolute atomic E-state index is 11.8. The molecule has 0 fully saturated rings. The molecule has 6 nitrogen and oxygen atoms in total. The third kappa shape index (κ3) is 5.24. The molecule has 21 heavy (non-hydrogen) atoms. The highest BCUT2D eigenvalue weighted by Crippen LogP contribution is 2.27. The second-order valence-electron chi connectivity index (χ2n) is 5.20. The summed E-state index contributed by atoms with van der Waals surface area (Å²) in [6.07, 6.45) is 3.22. The van der Waals surface area contributed by atoms with Crippen LogP contribution in [-0.4, -0.2) is 33.5 Å². The number of anilines is 1. The first-order valence-corrected chi connectivity index (χ1v) is 8.40. The standard InChI is InChI=1S/C14H26N4O2S/c1-5-10(6-2)11-17-18-13(21-11)16-12(19)15-9-14(20,7-3)8-4/h10,20H,5-9H2,1-4H3,(H2,15,16,18,19). The highest BCUT2D eigenvalue weighted by molar-refractivity contribution is 7.15. The van der Waals surface area contributed by atoms with E-state index in [0.29, 0.717) is 23.9 Å². The first kappa shape index (κ1) is 17.8. The van der Waals surface area contributed by atoms with Crippen molar-refractivity contribution in [3.8, 4) is 0 Å². The van der Waals surface area contributed by atoms with E-state index < -0.39 is 5.60 Å². The lowest BCUT2D eigenvalue weighted by Gasteiger charge is -2.25. The quantitative estimate of drug-likeness (QED) is 0.688. The van der Waals surface area contributed by atoms with E-state index >= 15 is 0 Å². The molecule has 0 aromatic carbocycles. The highest BCUT2D eigenvalue weighted by atomic mass is 32.1. The number of carbonyl (C=O) groups excluding carboxylic acids is 1. The average molecular weight is 314 g/mol. The van der Waals surface area contributed by atoms with Gasteiger partial charge >= 0.3 is 6.03 Å². The second-order valence-corrected chi connectivity index (χ2v) is 6.21.